The van der Waals surface area contributed by atoms with E-state index in [2.05, 4.69) is 55.4 Å². The first-order valence-corrected chi connectivity index (χ1v) is 31.3. The first-order chi connectivity index (χ1) is 34.4. The van der Waals surface area contributed by atoms with Crippen LogP contribution in [0.5, 0.6) is 11.5 Å². The fourth-order valence-corrected chi connectivity index (χ4v) is 21.4. The van der Waals surface area contributed by atoms with E-state index in [9.17, 15) is 19.8 Å². The number of hydrogen-bond donors (Lipinski definition) is 2. The second-order valence-corrected chi connectivity index (χ2v) is 28.6. The van der Waals surface area contributed by atoms with Gasteiger partial charge >= 0.3 is 11.9 Å². The number of carbonyl (C=O) groups is 2. The summed E-state index contributed by atoms with van der Waals surface area (Å²) in [6, 6.07) is 0. The van der Waals surface area contributed by atoms with Crippen LogP contribution in [0.15, 0.2) is 0 Å². The lowest BCUT2D eigenvalue weighted by Crippen LogP contribution is -2.53. The van der Waals surface area contributed by atoms with Gasteiger partial charge < -0.3 is 19.7 Å². The average Bonchev–Trinajstić information content (AvgIpc) is 3.90. The van der Waals surface area contributed by atoms with Crippen molar-refractivity contribution in [1.29, 1.82) is 0 Å². The maximum absolute atomic E-state index is 13.2. The molecule has 0 heterocycles. The molecule has 0 saturated heterocycles. The van der Waals surface area contributed by atoms with Gasteiger partial charge in [-0.1, -0.05) is 121 Å². The molecule has 18 atom stereocenters. The fourth-order valence-electron chi connectivity index (χ4n) is 21.4. The van der Waals surface area contributed by atoms with Crippen molar-refractivity contribution in [3.8, 4) is 11.5 Å². The molecule has 0 spiro atoms. The molecule has 406 valence electrons. The third-order valence-corrected chi connectivity index (χ3v) is 25.2. The molecule has 0 aromatic heterocycles. The van der Waals surface area contributed by atoms with Crippen LogP contribution in [-0.2, 0) is 12.8 Å². The van der Waals surface area contributed by atoms with Crippen LogP contribution in [0.4, 0.5) is 0 Å². The number of aromatic carboxylic acids is 2. The standard InChI is InChI=1S/C66H106O6/c1-11-47-57(61(67)68)60(72-40-42(4)20-18-22-44(6)52-30-32-54-50-28-26-46-24-14-16-36-64(46,8)56(50)34-38-66(52,54)10)48(12-2)58(62(69)70)59(47)71-39-41(3)19-17-21-43(5)51-29-31-53-49-27-25-45-23-13-15-35-63(45,7)55(49)33-37-65(51,53)9/h41-46,49-56H,11-40H2,1-10H3,(H,67,68)(H,69,70)/t41?,42?,43-,44-,45?,46?,49+,50+,51-,52-,53+,54+,55+,56+,63+,64+,65-,66-/m1/s1. The molecule has 1 aromatic rings. The molecule has 6 nitrogen and oxygen atoms in total. The second kappa shape index (κ2) is 22.0. The van der Waals surface area contributed by atoms with Gasteiger partial charge in [-0.05, 0) is 233 Å². The normalized spacial score (nSPS) is 39.8. The molecule has 2 N–H and O–H groups in total. The Balaban J connectivity index is 0.775. The van der Waals surface area contributed by atoms with Crippen molar-refractivity contribution >= 4 is 11.9 Å². The maximum Gasteiger partial charge on any atom is 0.339 e. The monoisotopic (exact) mass is 995 g/mol. The van der Waals surface area contributed by atoms with Crippen molar-refractivity contribution in [1.82, 2.24) is 0 Å². The number of hydrogen-bond acceptors (Lipinski definition) is 4. The Morgan fingerprint density at radius 3 is 1.25 bits per heavy atom. The Bertz CT molecular complexity index is 1920. The van der Waals surface area contributed by atoms with E-state index in [0.29, 0.717) is 70.7 Å². The van der Waals surface area contributed by atoms with Gasteiger partial charge in [0.1, 0.15) is 22.6 Å². The smallest absolute Gasteiger partial charge is 0.339 e. The molecule has 0 amide bonds. The molecular weight excluding hydrogens is 889 g/mol. The molecule has 8 aliphatic rings. The zero-order valence-corrected chi connectivity index (χ0v) is 47.8. The lowest BCUT2D eigenvalue weighted by atomic mass is 9.44. The summed E-state index contributed by atoms with van der Waals surface area (Å²) in [5.74, 6) is 9.30. The van der Waals surface area contributed by atoms with E-state index in [0.717, 1.165) is 84.9 Å². The highest BCUT2D eigenvalue weighted by Gasteiger charge is 2.62. The predicted molar refractivity (Wildman–Crippen MR) is 294 cm³/mol. The zero-order valence-electron chi connectivity index (χ0n) is 47.8. The molecule has 0 bridgehead atoms. The molecule has 1 aromatic carbocycles. The summed E-state index contributed by atoms with van der Waals surface area (Å²) >= 11 is 0. The Morgan fingerprint density at radius 2 is 0.875 bits per heavy atom. The Labute approximate surface area is 439 Å². The Morgan fingerprint density at radius 1 is 0.486 bits per heavy atom. The number of fused-ring (bicyclic) bond motifs is 10. The van der Waals surface area contributed by atoms with Gasteiger partial charge in [-0.3, -0.25) is 0 Å². The first-order valence-electron chi connectivity index (χ1n) is 31.3. The van der Waals surface area contributed by atoms with Crippen LogP contribution in [0.25, 0.3) is 0 Å². The van der Waals surface area contributed by atoms with Gasteiger partial charge in [-0.15, -0.1) is 0 Å². The highest BCUT2D eigenvalue weighted by Crippen LogP contribution is 2.70. The third-order valence-electron chi connectivity index (χ3n) is 25.2. The summed E-state index contributed by atoms with van der Waals surface area (Å²) in [4.78, 5) is 26.4. The van der Waals surface area contributed by atoms with Crippen LogP contribution in [0, 0.1) is 105 Å². The third kappa shape index (κ3) is 9.78. The number of carboxylic acids is 2. The molecule has 8 fully saturated rings. The molecular formula is C66H106O6. The van der Waals surface area contributed by atoms with E-state index < -0.39 is 11.9 Å². The van der Waals surface area contributed by atoms with Crippen molar-refractivity contribution < 1.29 is 29.3 Å². The van der Waals surface area contributed by atoms with Crippen LogP contribution in [-0.4, -0.2) is 35.4 Å². The van der Waals surface area contributed by atoms with Crippen LogP contribution in [0.1, 0.15) is 268 Å². The molecule has 0 aliphatic heterocycles. The first kappa shape index (κ1) is 54.5. The van der Waals surface area contributed by atoms with Crippen molar-refractivity contribution in [2.75, 3.05) is 13.2 Å². The fraction of sp³-hybridized carbons (Fsp3) is 0.879. The highest BCUT2D eigenvalue weighted by molar-refractivity contribution is 6.01. The number of carboxylic acid groups (broad SMARTS) is 2. The molecule has 0 radical (unpaired) electrons. The average molecular weight is 996 g/mol. The van der Waals surface area contributed by atoms with E-state index in [1.807, 2.05) is 13.8 Å². The van der Waals surface area contributed by atoms with E-state index in [1.54, 1.807) is 0 Å². The van der Waals surface area contributed by atoms with Gasteiger partial charge in [-0.2, -0.15) is 0 Å². The van der Waals surface area contributed by atoms with E-state index >= 15 is 0 Å². The van der Waals surface area contributed by atoms with Crippen LogP contribution < -0.4 is 9.47 Å². The van der Waals surface area contributed by atoms with Crippen molar-refractivity contribution in [2.24, 2.45) is 105 Å². The van der Waals surface area contributed by atoms with E-state index in [1.165, 1.54) is 141 Å². The largest absolute Gasteiger partial charge is 0.492 e. The van der Waals surface area contributed by atoms with Gasteiger partial charge in [0.05, 0.1) is 13.2 Å². The minimum absolute atomic E-state index is 0.0830. The number of rotatable bonds is 20. The van der Waals surface area contributed by atoms with E-state index in [4.69, 9.17) is 9.47 Å². The second-order valence-electron chi connectivity index (χ2n) is 28.6. The summed E-state index contributed by atoms with van der Waals surface area (Å²) in [6.07, 6.45) is 36.5. The predicted octanol–water partition coefficient (Wildman–Crippen LogP) is 17.9. The zero-order chi connectivity index (χ0) is 51.3. The minimum Gasteiger partial charge on any atom is -0.492 e. The SMILES string of the molecule is CCc1c(OCC(C)CCC[C@@H](C)[C@H]2CC[C@H]3[C@@H]4CCC5CCCC[C@]5(C)[C@H]4CC[C@]23C)c(C(=O)O)c(CC)c(OCC(C)CCC[C@@H](C)[C@H]2CC[C@H]3[C@@H]4CCC5CCCC[C@]5(C)[C@H]4CC[C@]23C)c1C(=O)O. The van der Waals surface area contributed by atoms with Gasteiger partial charge in [0, 0.05) is 11.1 Å². The summed E-state index contributed by atoms with van der Waals surface area (Å²) in [6.45, 7) is 24.9. The number of benzene rings is 1. The van der Waals surface area contributed by atoms with Gasteiger partial charge in [-0.25, -0.2) is 9.59 Å². The highest BCUT2D eigenvalue weighted by atomic mass is 16.5. The molecule has 4 unspecified atom stereocenters. The molecule has 9 rings (SSSR count). The van der Waals surface area contributed by atoms with Crippen molar-refractivity contribution in [3.05, 3.63) is 22.3 Å². The summed E-state index contributed by atoms with van der Waals surface area (Å²) in [5, 5.41) is 21.6. The van der Waals surface area contributed by atoms with Crippen LogP contribution in [0.3, 0.4) is 0 Å². The van der Waals surface area contributed by atoms with Gasteiger partial charge in [0.25, 0.3) is 0 Å². The molecule has 6 heteroatoms. The summed E-state index contributed by atoms with van der Waals surface area (Å²) in [5.41, 5.74) is 3.20. The minimum atomic E-state index is -1.08. The van der Waals surface area contributed by atoms with Gasteiger partial charge in [0.15, 0.2) is 0 Å². The topological polar surface area (TPSA) is 93.1 Å². The van der Waals surface area contributed by atoms with Crippen LogP contribution >= 0.6 is 0 Å². The lowest BCUT2D eigenvalue weighted by molar-refractivity contribution is -0.114. The maximum atomic E-state index is 13.2. The molecule has 8 saturated carbocycles. The van der Waals surface area contributed by atoms with Gasteiger partial charge in [0.2, 0.25) is 0 Å². The lowest BCUT2D eigenvalue weighted by Gasteiger charge is -2.61. The van der Waals surface area contributed by atoms with Crippen LogP contribution in [0.2, 0.25) is 0 Å². The van der Waals surface area contributed by atoms with E-state index in [-0.39, 0.29) is 34.5 Å². The Hall–Kier alpha value is -2.24. The Kier molecular flexibility index (Phi) is 16.7. The molecule has 8 aliphatic carbocycles. The van der Waals surface area contributed by atoms with Crippen molar-refractivity contribution in [2.45, 2.75) is 249 Å². The van der Waals surface area contributed by atoms with Crippen molar-refractivity contribution in [3.63, 3.8) is 0 Å². The molecule has 72 heavy (non-hydrogen) atoms. The number of ether oxygens (including phenoxy) is 2. The summed E-state index contributed by atoms with van der Waals surface area (Å²) < 4.78 is 13.1. The summed E-state index contributed by atoms with van der Waals surface area (Å²) in [7, 11) is 0. The quantitative estimate of drug-likeness (QED) is 0.135.